The lowest BCUT2D eigenvalue weighted by Crippen LogP contribution is -2.37. The molecule has 4 rings (SSSR count). The Bertz CT molecular complexity index is 1100. The quantitative estimate of drug-likeness (QED) is 0.416. The summed E-state index contributed by atoms with van der Waals surface area (Å²) < 4.78 is 19.4. The lowest BCUT2D eigenvalue weighted by atomic mass is 10.1. The number of aliphatic hydroxyl groups excluding tert-OH is 1. The molecule has 35 heavy (non-hydrogen) atoms. The van der Waals surface area contributed by atoms with E-state index in [1.54, 1.807) is 11.8 Å². The van der Waals surface area contributed by atoms with Gasteiger partial charge in [0.15, 0.2) is 0 Å². The number of nitrogens with zero attached hydrogens (tertiary/aromatic N) is 3. The molecule has 1 aromatic heterocycles. The minimum atomic E-state index is -0.575. The van der Waals surface area contributed by atoms with E-state index in [1.807, 2.05) is 70.3 Å². The lowest BCUT2D eigenvalue weighted by molar-refractivity contribution is -0.0572. The van der Waals surface area contributed by atoms with Crippen LogP contribution >= 0.6 is 0 Å². The maximum absolute atomic E-state index is 10.8. The molecule has 1 saturated carbocycles. The molecule has 0 amide bonds. The second kappa shape index (κ2) is 10.8. The fourth-order valence-electron chi connectivity index (χ4n) is 4.08. The third-order valence-electron chi connectivity index (χ3n) is 5.97. The van der Waals surface area contributed by atoms with Crippen LogP contribution in [0.4, 0.5) is 0 Å². The van der Waals surface area contributed by atoms with E-state index in [1.165, 1.54) is 0 Å². The molecule has 1 atom stereocenters. The molecule has 0 bridgehead atoms. The van der Waals surface area contributed by atoms with E-state index < -0.39 is 6.10 Å². The first-order chi connectivity index (χ1) is 16.7. The molecule has 7 nitrogen and oxygen atoms in total. The van der Waals surface area contributed by atoms with Crippen molar-refractivity contribution in [3.05, 3.63) is 60.2 Å². The van der Waals surface area contributed by atoms with Gasteiger partial charge in [-0.05, 0) is 45.7 Å². The van der Waals surface area contributed by atoms with Crippen LogP contribution in [-0.2, 0) is 18.3 Å². The number of hydrogen-bond acceptors (Lipinski definition) is 6. The molecule has 0 unspecified atom stereocenters. The van der Waals surface area contributed by atoms with Crippen molar-refractivity contribution in [2.24, 2.45) is 7.05 Å². The molecule has 0 aliphatic heterocycles. The maximum Gasteiger partial charge on any atom is 0.222 e. The molecule has 1 aliphatic carbocycles. The number of aromatic nitrogens is 2. The fourth-order valence-corrected chi connectivity index (χ4v) is 4.08. The minimum Gasteiger partial charge on any atom is -0.497 e. The summed E-state index contributed by atoms with van der Waals surface area (Å²) in [6, 6.07) is 18.2. The summed E-state index contributed by atoms with van der Waals surface area (Å²) in [6.07, 6.45) is 1.68. The smallest absolute Gasteiger partial charge is 0.222 e. The van der Waals surface area contributed by atoms with E-state index in [0.717, 1.165) is 35.4 Å². The summed E-state index contributed by atoms with van der Waals surface area (Å²) in [6.45, 7) is 7.46. The third kappa shape index (κ3) is 6.84. The van der Waals surface area contributed by atoms with E-state index in [4.69, 9.17) is 19.3 Å². The number of benzene rings is 2. The van der Waals surface area contributed by atoms with Gasteiger partial charge in [-0.15, -0.1) is 0 Å². The van der Waals surface area contributed by atoms with Crippen molar-refractivity contribution >= 4 is 0 Å². The zero-order chi connectivity index (χ0) is 25.0. The van der Waals surface area contributed by atoms with E-state index in [2.05, 4.69) is 17.0 Å². The Labute approximate surface area is 208 Å². The van der Waals surface area contributed by atoms with Crippen LogP contribution in [0, 0.1) is 0 Å². The molecule has 1 heterocycles. The lowest BCUT2D eigenvalue weighted by Gasteiger charge is -2.27. The summed E-state index contributed by atoms with van der Waals surface area (Å²) >= 11 is 0. The summed E-state index contributed by atoms with van der Waals surface area (Å²) in [4.78, 5) is 2.33. The molecule has 188 valence electrons. The SMILES string of the molecule is COc1cccc(Oc2c(CN(C[C@@H](O)COC(C)(C)C)C3CC3)c(-c3ccccc3)nn2C)c1. The van der Waals surface area contributed by atoms with Gasteiger partial charge in [0.1, 0.15) is 17.2 Å². The predicted molar refractivity (Wildman–Crippen MR) is 137 cm³/mol. The van der Waals surface area contributed by atoms with Gasteiger partial charge < -0.3 is 19.3 Å². The predicted octanol–water partition coefficient (Wildman–Crippen LogP) is 5.03. The Morgan fingerprint density at radius 1 is 1.09 bits per heavy atom. The molecule has 1 aliphatic rings. The van der Waals surface area contributed by atoms with Crippen molar-refractivity contribution in [2.45, 2.75) is 57.9 Å². The van der Waals surface area contributed by atoms with Crippen LogP contribution in [0.5, 0.6) is 17.4 Å². The fraction of sp³-hybridized carbons (Fsp3) is 0.464. The molecule has 0 spiro atoms. The zero-order valence-electron chi connectivity index (χ0n) is 21.4. The molecule has 3 aromatic rings. The topological polar surface area (TPSA) is 69.0 Å². The minimum absolute atomic E-state index is 0.285. The molecule has 0 saturated heterocycles. The van der Waals surface area contributed by atoms with E-state index in [0.29, 0.717) is 37.4 Å². The van der Waals surface area contributed by atoms with Crippen LogP contribution in [0.1, 0.15) is 39.2 Å². The van der Waals surface area contributed by atoms with Gasteiger partial charge in [-0.2, -0.15) is 5.10 Å². The Morgan fingerprint density at radius 2 is 1.80 bits per heavy atom. The van der Waals surface area contributed by atoms with Gasteiger partial charge in [0.05, 0.1) is 31.0 Å². The van der Waals surface area contributed by atoms with Crippen LogP contribution in [0.15, 0.2) is 54.6 Å². The van der Waals surface area contributed by atoms with E-state index in [9.17, 15) is 5.11 Å². The van der Waals surface area contributed by atoms with Crippen molar-refractivity contribution in [1.29, 1.82) is 0 Å². The second-order valence-electron chi connectivity index (χ2n) is 10.1. The molecule has 2 aromatic carbocycles. The number of rotatable bonds is 11. The molecule has 7 heteroatoms. The number of ether oxygens (including phenoxy) is 3. The molecular formula is C28H37N3O4. The average Bonchev–Trinajstić information content (AvgIpc) is 3.64. The molecule has 0 radical (unpaired) electrons. The van der Waals surface area contributed by atoms with Crippen LogP contribution in [0.3, 0.4) is 0 Å². The normalized spacial score (nSPS) is 14.8. The van der Waals surface area contributed by atoms with Crippen LogP contribution in [-0.4, -0.2) is 57.8 Å². The van der Waals surface area contributed by atoms with Crippen molar-refractivity contribution in [1.82, 2.24) is 14.7 Å². The van der Waals surface area contributed by atoms with Crippen molar-refractivity contribution in [3.8, 4) is 28.6 Å². The Hall–Kier alpha value is -2.87. The van der Waals surface area contributed by atoms with Gasteiger partial charge in [-0.3, -0.25) is 4.90 Å². The molecule has 1 N–H and O–H groups in total. The van der Waals surface area contributed by atoms with Crippen molar-refractivity contribution < 1.29 is 19.3 Å². The first-order valence-corrected chi connectivity index (χ1v) is 12.2. The standard InChI is InChI=1S/C28H37N3O4/c1-28(2,3)34-19-22(32)17-31(21-14-15-21)18-25-26(20-10-7-6-8-11-20)29-30(4)27(25)35-24-13-9-12-23(16-24)33-5/h6-13,16,21-22,32H,14-15,17-19H2,1-5H3/t22-/m1/s1. The Balaban J connectivity index is 1.64. The monoisotopic (exact) mass is 479 g/mol. The highest BCUT2D eigenvalue weighted by Crippen LogP contribution is 2.37. The highest BCUT2D eigenvalue weighted by Gasteiger charge is 2.33. The highest BCUT2D eigenvalue weighted by atomic mass is 16.5. The van der Waals surface area contributed by atoms with E-state index >= 15 is 0 Å². The number of aryl methyl sites for hydroxylation is 1. The first kappa shape index (κ1) is 25.2. The van der Waals surface area contributed by atoms with Crippen LogP contribution in [0.25, 0.3) is 11.3 Å². The van der Waals surface area contributed by atoms with Gasteiger partial charge in [-0.1, -0.05) is 36.4 Å². The van der Waals surface area contributed by atoms with Gasteiger partial charge in [0.25, 0.3) is 0 Å². The number of aliphatic hydroxyl groups is 1. The van der Waals surface area contributed by atoms with Crippen LogP contribution < -0.4 is 9.47 Å². The van der Waals surface area contributed by atoms with Crippen LogP contribution in [0.2, 0.25) is 0 Å². The second-order valence-corrected chi connectivity index (χ2v) is 10.1. The van der Waals surface area contributed by atoms with Gasteiger partial charge in [0.2, 0.25) is 5.88 Å². The van der Waals surface area contributed by atoms with Gasteiger partial charge in [0, 0.05) is 37.8 Å². The average molecular weight is 480 g/mol. The van der Waals surface area contributed by atoms with Crippen molar-refractivity contribution in [2.75, 3.05) is 20.3 Å². The summed E-state index contributed by atoms with van der Waals surface area (Å²) in [5.41, 5.74) is 2.63. The maximum atomic E-state index is 10.8. The Morgan fingerprint density at radius 3 is 2.46 bits per heavy atom. The summed E-state index contributed by atoms with van der Waals surface area (Å²) in [5.74, 6) is 2.10. The third-order valence-corrected chi connectivity index (χ3v) is 5.97. The molecular weight excluding hydrogens is 442 g/mol. The number of hydrogen-bond donors (Lipinski definition) is 1. The highest BCUT2D eigenvalue weighted by molar-refractivity contribution is 5.65. The Kier molecular flexibility index (Phi) is 7.79. The summed E-state index contributed by atoms with van der Waals surface area (Å²) in [7, 11) is 3.54. The summed E-state index contributed by atoms with van der Waals surface area (Å²) in [5, 5.41) is 15.6. The van der Waals surface area contributed by atoms with Gasteiger partial charge in [-0.25, -0.2) is 4.68 Å². The first-order valence-electron chi connectivity index (χ1n) is 12.2. The largest absolute Gasteiger partial charge is 0.497 e. The van der Waals surface area contributed by atoms with E-state index in [-0.39, 0.29) is 5.60 Å². The number of methoxy groups -OCH3 is 1. The zero-order valence-corrected chi connectivity index (χ0v) is 21.4. The van der Waals surface area contributed by atoms with Gasteiger partial charge >= 0.3 is 0 Å². The molecule has 1 fully saturated rings. The van der Waals surface area contributed by atoms with Crippen molar-refractivity contribution in [3.63, 3.8) is 0 Å².